The first-order chi connectivity index (χ1) is 17.5. The summed E-state index contributed by atoms with van der Waals surface area (Å²) in [6.07, 6.45) is 17.8. The van der Waals surface area contributed by atoms with E-state index >= 15 is 0 Å². The van der Waals surface area contributed by atoms with Crippen molar-refractivity contribution in [1.29, 1.82) is 0 Å². The van der Waals surface area contributed by atoms with Gasteiger partial charge in [-0.15, -0.1) is 0 Å². The summed E-state index contributed by atoms with van der Waals surface area (Å²) in [4.78, 5) is 40.2. The van der Waals surface area contributed by atoms with Crippen LogP contribution in [-0.2, 0) is 19.1 Å². The predicted molar refractivity (Wildman–Crippen MR) is 139 cm³/mol. The van der Waals surface area contributed by atoms with Gasteiger partial charge in [0, 0.05) is 25.2 Å². The summed E-state index contributed by atoms with van der Waals surface area (Å²) < 4.78 is 10.4. The summed E-state index contributed by atoms with van der Waals surface area (Å²) in [6, 6.07) is -1.05. The van der Waals surface area contributed by atoms with E-state index in [9.17, 15) is 14.4 Å². The Morgan fingerprint density at radius 2 is 1.58 bits per heavy atom. The second kappa shape index (κ2) is 15.9. The monoisotopic (exact) mass is 505 g/mol. The maximum atomic E-state index is 13.5. The van der Waals surface area contributed by atoms with Gasteiger partial charge in [0.15, 0.2) is 0 Å². The lowest BCUT2D eigenvalue weighted by atomic mass is 9.84. The number of esters is 1. The summed E-state index contributed by atoms with van der Waals surface area (Å²) in [7, 11) is 0. The average molecular weight is 506 g/mol. The topological polar surface area (TPSA) is 97.0 Å². The zero-order valence-corrected chi connectivity index (χ0v) is 22.2. The van der Waals surface area contributed by atoms with E-state index in [1.54, 1.807) is 17.9 Å². The average Bonchev–Trinajstić information content (AvgIpc) is 2.91. The second-order valence-electron chi connectivity index (χ2n) is 10.6. The van der Waals surface area contributed by atoms with Crippen LogP contribution in [0.3, 0.4) is 0 Å². The molecule has 3 fully saturated rings. The fraction of sp³-hybridized carbons (Fsp3) is 0.821. The number of hydrogen-bond donors (Lipinski definition) is 2. The van der Waals surface area contributed by atoms with Gasteiger partial charge in [0.1, 0.15) is 6.04 Å². The standard InChI is InChI=1S/C28H47N3O5/c1-2-36-26(32)16-15-24(14-13-22-9-5-3-6-10-22)29-27(33)25(21-23-11-7-4-8-12-23)30-28(34)31-17-19-35-20-18-31/h15-16,22-25H,2-14,17-21H2,1H3,(H,29,33)(H,30,34)/b16-15+/t24?,25-/m0/s1. The molecule has 0 aromatic heterocycles. The number of hydrogen-bond acceptors (Lipinski definition) is 5. The lowest BCUT2D eigenvalue weighted by Gasteiger charge is -2.32. The fourth-order valence-corrected chi connectivity index (χ4v) is 5.77. The van der Waals surface area contributed by atoms with E-state index in [0.717, 1.165) is 25.7 Å². The smallest absolute Gasteiger partial charge is 0.330 e. The molecule has 0 bridgehead atoms. The summed E-state index contributed by atoms with van der Waals surface area (Å²) >= 11 is 0. The van der Waals surface area contributed by atoms with Crippen molar-refractivity contribution in [3.63, 3.8) is 0 Å². The Bertz CT molecular complexity index is 710. The molecular formula is C28H47N3O5. The number of ether oxygens (including phenoxy) is 2. The maximum Gasteiger partial charge on any atom is 0.330 e. The van der Waals surface area contributed by atoms with Crippen LogP contribution in [0.25, 0.3) is 0 Å². The minimum atomic E-state index is -0.586. The molecule has 1 aliphatic heterocycles. The Morgan fingerprint density at radius 1 is 0.944 bits per heavy atom. The van der Waals surface area contributed by atoms with Crippen molar-refractivity contribution >= 4 is 17.9 Å². The molecule has 36 heavy (non-hydrogen) atoms. The molecular weight excluding hydrogens is 458 g/mol. The molecule has 2 atom stereocenters. The molecule has 3 aliphatic rings. The number of nitrogens with zero attached hydrogens (tertiary/aromatic N) is 1. The normalized spacial score (nSPS) is 21.6. The molecule has 1 unspecified atom stereocenters. The van der Waals surface area contributed by atoms with Gasteiger partial charge in [-0.25, -0.2) is 9.59 Å². The number of rotatable bonds is 11. The largest absolute Gasteiger partial charge is 0.463 e. The van der Waals surface area contributed by atoms with Crippen molar-refractivity contribution in [2.45, 2.75) is 102 Å². The molecule has 2 saturated carbocycles. The molecule has 8 nitrogen and oxygen atoms in total. The van der Waals surface area contributed by atoms with E-state index < -0.39 is 12.0 Å². The zero-order chi connectivity index (χ0) is 25.6. The van der Waals surface area contributed by atoms with E-state index in [4.69, 9.17) is 9.47 Å². The molecule has 0 spiro atoms. The molecule has 8 heteroatoms. The van der Waals surface area contributed by atoms with Gasteiger partial charge < -0.3 is 25.0 Å². The van der Waals surface area contributed by atoms with Crippen LogP contribution in [0.15, 0.2) is 12.2 Å². The van der Waals surface area contributed by atoms with E-state index in [2.05, 4.69) is 10.6 Å². The fourth-order valence-electron chi connectivity index (χ4n) is 5.77. The third kappa shape index (κ3) is 10.1. The number of morpholine rings is 1. The van der Waals surface area contributed by atoms with Crippen LogP contribution >= 0.6 is 0 Å². The molecule has 2 N–H and O–H groups in total. The van der Waals surface area contributed by atoms with Crippen molar-refractivity contribution in [2.24, 2.45) is 11.8 Å². The Labute approximate surface area is 216 Å². The number of amides is 3. The summed E-state index contributed by atoms with van der Waals surface area (Å²) in [5.74, 6) is 0.557. The van der Waals surface area contributed by atoms with Crippen LogP contribution in [0.4, 0.5) is 4.79 Å². The maximum absolute atomic E-state index is 13.5. The molecule has 3 rings (SSSR count). The van der Waals surface area contributed by atoms with Crippen molar-refractivity contribution in [1.82, 2.24) is 15.5 Å². The molecule has 3 amide bonds. The van der Waals surface area contributed by atoms with Gasteiger partial charge in [0.25, 0.3) is 0 Å². The molecule has 0 aromatic carbocycles. The van der Waals surface area contributed by atoms with Crippen LogP contribution in [-0.4, -0.2) is 67.8 Å². The van der Waals surface area contributed by atoms with Crippen LogP contribution in [0.2, 0.25) is 0 Å². The minimum Gasteiger partial charge on any atom is -0.463 e. The molecule has 2 aliphatic carbocycles. The SMILES string of the molecule is CCOC(=O)/C=C/C(CCC1CCCCC1)NC(=O)[C@H](CC1CCCCC1)NC(=O)N1CCOCC1. The molecule has 0 radical (unpaired) electrons. The van der Waals surface area contributed by atoms with Crippen molar-refractivity contribution < 1.29 is 23.9 Å². The highest BCUT2D eigenvalue weighted by Crippen LogP contribution is 2.29. The Morgan fingerprint density at radius 3 is 2.22 bits per heavy atom. The third-order valence-corrected chi connectivity index (χ3v) is 7.90. The summed E-state index contributed by atoms with van der Waals surface area (Å²) in [5, 5.41) is 6.19. The van der Waals surface area contributed by atoms with E-state index in [1.807, 2.05) is 0 Å². The van der Waals surface area contributed by atoms with Crippen molar-refractivity contribution in [3.05, 3.63) is 12.2 Å². The van der Waals surface area contributed by atoms with Gasteiger partial charge >= 0.3 is 12.0 Å². The van der Waals surface area contributed by atoms with E-state index in [1.165, 1.54) is 57.4 Å². The third-order valence-electron chi connectivity index (χ3n) is 7.90. The second-order valence-corrected chi connectivity index (χ2v) is 10.6. The zero-order valence-electron chi connectivity index (χ0n) is 22.2. The first-order valence-corrected chi connectivity index (χ1v) is 14.3. The molecule has 0 aromatic rings. The summed E-state index contributed by atoms with van der Waals surface area (Å²) in [5.41, 5.74) is 0. The van der Waals surface area contributed by atoms with E-state index in [-0.39, 0.29) is 18.0 Å². The highest BCUT2D eigenvalue weighted by atomic mass is 16.5. The lowest BCUT2D eigenvalue weighted by Crippen LogP contribution is -2.55. The number of carbonyl (C=O) groups is 3. The van der Waals surface area contributed by atoms with Crippen LogP contribution in [0.5, 0.6) is 0 Å². The lowest BCUT2D eigenvalue weighted by molar-refractivity contribution is -0.137. The Kier molecular flexibility index (Phi) is 12.6. The van der Waals surface area contributed by atoms with Gasteiger partial charge in [0.2, 0.25) is 5.91 Å². The quantitative estimate of drug-likeness (QED) is 0.322. The van der Waals surface area contributed by atoms with Crippen LogP contribution in [0.1, 0.15) is 90.4 Å². The molecule has 1 saturated heterocycles. The van der Waals surface area contributed by atoms with Crippen molar-refractivity contribution in [3.8, 4) is 0 Å². The van der Waals surface area contributed by atoms with Crippen LogP contribution < -0.4 is 10.6 Å². The highest BCUT2D eigenvalue weighted by molar-refractivity contribution is 5.87. The minimum absolute atomic E-state index is 0.163. The number of nitrogens with one attached hydrogen (secondary N) is 2. The number of carbonyl (C=O) groups excluding carboxylic acids is 3. The first kappa shape index (κ1) is 28.5. The predicted octanol–water partition coefficient (Wildman–Crippen LogP) is 4.33. The van der Waals surface area contributed by atoms with Gasteiger partial charge in [-0.1, -0.05) is 70.3 Å². The van der Waals surface area contributed by atoms with Crippen molar-refractivity contribution in [2.75, 3.05) is 32.9 Å². The first-order valence-electron chi connectivity index (χ1n) is 14.3. The van der Waals surface area contributed by atoms with Crippen LogP contribution in [0, 0.1) is 11.8 Å². The molecule has 1 heterocycles. The van der Waals surface area contributed by atoms with E-state index in [0.29, 0.717) is 51.2 Å². The highest BCUT2D eigenvalue weighted by Gasteiger charge is 2.29. The number of urea groups is 1. The Balaban J connectivity index is 1.65. The van der Waals surface area contributed by atoms with Gasteiger partial charge in [-0.05, 0) is 38.0 Å². The molecule has 204 valence electrons. The van der Waals surface area contributed by atoms with Gasteiger partial charge in [0.05, 0.1) is 19.8 Å². The van der Waals surface area contributed by atoms with Gasteiger partial charge in [-0.2, -0.15) is 0 Å². The van der Waals surface area contributed by atoms with Gasteiger partial charge in [-0.3, -0.25) is 4.79 Å². The summed E-state index contributed by atoms with van der Waals surface area (Å²) in [6.45, 7) is 4.22. The Hall–Kier alpha value is -2.09.